The highest BCUT2D eigenvalue weighted by Crippen LogP contribution is 2.41. The molecule has 0 aliphatic carbocycles. The number of hydrogen-bond donors (Lipinski definition) is 1. The number of aliphatic imine (C=N–C) groups is 2. The molecule has 4 nitrogen and oxygen atoms in total. The molecule has 0 fully saturated rings. The van der Waals surface area contributed by atoms with Crippen LogP contribution in [-0.4, -0.2) is 11.7 Å². The Kier molecular flexibility index (Phi) is 5.49. The fraction of sp³-hybridized carbons (Fsp3) is 0.0270. The maximum atomic E-state index is 6.47. The van der Waals surface area contributed by atoms with Gasteiger partial charge in [0, 0.05) is 27.5 Å². The van der Waals surface area contributed by atoms with Gasteiger partial charge in [-0.25, -0.2) is 9.98 Å². The number of hydrogen-bond acceptors (Lipinski definition) is 4. The van der Waals surface area contributed by atoms with Gasteiger partial charge in [0.25, 0.3) is 0 Å². The fourth-order valence-corrected chi connectivity index (χ4v) is 5.80. The average Bonchev–Trinajstić information content (AvgIpc) is 3.43. The molecule has 7 aromatic rings. The molecule has 8 rings (SSSR count). The van der Waals surface area contributed by atoms with E-state index in [1.807, 2.05) is 48.5 Å². The zero-order valence-corrected chi connectivity index (χ0v) is 22.2. The van der Waals surface area contributed by atoms with Crippen molar-refractivity contribution < 1.29 is 4.42 Å². The van der Waals surface area contributed by atoms with Crippen molar-refractivity contribution in [1.82, 2.24) is 5.32 Å². The Bertz CT molecular complexity index is 2060. The molecule has 1 aliphatic rings. The Morgan fingerprint density at radius 3 is 1.85 bits per heavy atom. The van der Waals surface area contributed by atoms with Crippen molar-refractivity contribution in [3.8, 4) is 11.1 Å². The summed E-state index contributed by atoms with van der Waals surface area (Å²) < 4.78 is 6.47. The topological polar surface area (TPSA) is 49.9 Å². The number of nitrogens with zero attached hydrogens (tertiary/aromatic N) is 2. The van der Waals surface area contributed by atoms with Gasteiger partial charge in [0.15, 0.2) is 6.17 Å². The molecule has 0 radical (unpaired) electrons. The predicted molar refractivity (Wildman–Crippen MR) is 168 cm³/mol. The molecular formula is C37H25N3O. The van der Waals surface area contributed by atoms with E-state index in [-0.39, 0.29) is 0 Å². The SMILES string of the molecule is c1ccc(C2=NC(c3cc(-c4cccc5ccccc45)cc4oc5ccccc5c34)N=C(c3ccccc3)N2)cc1. The highest BCUT2D eigenvalue weighted by atomic mass is 16.3. The molecule has 1 aromatic heterocycles. The van der Waals surface area contributed by atoms with Gasteiger partial charge >= 0.3 is 0 Å². The lowest BCUT2D eigenvalue weighted by Crippen LogP contribution is -2.36. The lowest BCUT2D eigenvalue weighted by molar-refractivity contribution is 0.668. The second-order valence-corrected chi connectivity index (χ2v) is 10.2. The highest BCUT2D eigenvalue weighted by Gasteiger charge is 2.25. The van der Waals surface area contributed by atoms with Crippen LogP contribution in [0.3, 0.4) is 0 Å². The van der Waals surface area contributed by atoms with Crippen molar-refractivity contribution in [3.05, 3.63) is 156 Å². The standard InChI is InChI=1S/C37H25N3O/c1-3-13-25(14-4-1)35-38-36(26-15-5-2-6-16-26)40-37(39-35)31-22-27(29-20-11-17-24-12-7-8-18-28(24)29)23-33-34(31)30-19-9-10-21-32(30)41-33/h1-23,37H,(H,38,39,40). The number of nitrogens with one attached hydrogen (secondary N) is 1. The van der Waals surface area contributed by atoms with Gasteiger partial charge < -0.3 is 9.73 Å². The number of rotatable bonds is 4. The first-order chi connectivity index (χ1) is 20.3. The Hall–Kier alpha value is -5.48. The summed E-state index contributed by atoms with van der Waals surface area (Å²) in [6.07, 6.45) is -0.472. The van der Waals surface area contributed by atoms with Gasteiger partial charge in [0.1, 0.15) is 22.8 Å². The quantitative estimate of drug-likeness (QED) is 0.248. The highest BCUT2D eigenvalue weighted by molar-refractivity contribution is 6.16. The van der Waals surface area contributed by atoms with E-state index in [0.717, 1.165) is 61.4 Å². The minimum Gasteiger partial charge on any atom is -0.456 e. The molecular weight excluding hydrogens is 502 g/mol. The van der Waals surface area contributed by atoms with Crippen molar-refractivity contribution in [1.29, 1.82) is 0 Å². The van der Waals surface area contributed by atoms with Gasteiger partial charge in [0.05, 0.1) is 0 Å². The number of furan rings is 1. The van der Waals surface area contributed by atoms with Crippen LogP contribution in [0, 0.1) is 0 Å². The summed E-state index contributed by atoms with van der Waals surface area (Å²) in [6, 6.07) is 48.0. The van der Waals surface area contributed by atoms with Crippen molar-refractivity contribution in [2.45, 2.75) is 6.17 Å². The molecule has 0 saturated heterocycles. The monoisotopic (exact) mass is 527 g/mol. The van der Waals surface area contributed by atoms with Crippen LogP contribution < -0.4 is 5.32 Å². The summed E-state index contributed by atoms with van der Waals surface area (Å²) in [5.41, 5.74) is 6.96. The van der Waals surface area contributed by atoms with E-state index < -0.39 is 6.17 Å². The summed E-state index contributed by atoms with van der Waals surface area (Å²) in [6.45, 7) is 0. The minimum absolute atomic E-state index is 0.472. The molecule has 2 heterocycles. The summed E-state index contributed by atoms with van der Waals surface area (Å²) in [5, 5.41) is 8.02. The largest absolute Gasteiger partial charge is 0.456 e. The maximum Gasteiger partial charge on any atom is 0.170 e. The molecule has 194 valence electrons. The van der Waals surface area contributed by atoms with E-state index in [0.29, 0.717) is 0 Å². The Morgan fingerprint density at radius 1 is 0.512 bits per heavy atom. The number of amidine groups is 2. The van der Waals surface area contributed by atoms with E-state index >= 15 is 0 Å². The van der Waals surface area contributed by atoms with Crippen molar-refractivity contribution >= 4 is 44.4 Å². The van der Waals surface area contributed by atoms with Gasteiger partial charge in [-0.05, 0) is 40.1 Å². The van der Waals surface area contributed by atoms with Crippen LogP contribution in [0.15, 0.2) is 154 Å². The smallest absolute Gasteiger partial charge is 0.170 e. The Labute approximate surface area is 237 Å². The molecule has 41 heavy (non-hydrogen) atoms. The fourth-order valence-electron chi connectivity index (χ4n) is 5.80. The van der Waals surface area contributed by atoms with Crippen LogP contribution in [0.4, 0.5) is 0 Å². The molecule has 4 heteroatoms. The molecule has 0 saturated carbocycles. The van der Waals surface area contributed by atoms with Crippen LogP contribution in [0.5, 0.6) is 0 Å². The molecule has 1 aliphatic heterocycles. The number of para-hydroxylation sites is 1. The second-order valence-electron chi connectivity index (χ2n) is 10.2. The van der Waals surface area contributed by atoms with Crippen LogP contribution in [0.1, 0.15) is 22.9 Å². The molecule has 0 unspecified atom stereocenters. The maximum absolute atomic E-state index is 6.47. The first kappa shape index (κ1) is 23.4. The predicted octanol–water partition coefficient (Wildman–Crippen LogP) is 8.90. The first-order valence-corrected chi connectivity index (χ1v) is 13.8. The van der Waals surface area contributed by atoms with Crippen LogP contribution in [-0.2, 0) is 0 Å². The molecule has 0 bridgehead atoms. The molecule has 0 atom stereocenters. The molecule has 1 N–H and O–H groups in total. The summed E-state index contributed by atoms with van der Waals surface area (Å²) in [7, 11) is 0. The van der Waals surface area contributed by atoms with E-state index in [1.165, 1.54) is 10.8 Å². The second kappa shape index (κ2) is 9.61. The third-order valence-electron chi connectivity index (χ3n) is 7.72. The number of benzene rings is 6. The lowest BCUT2D eigenvalue weighted by Gasteiger charge is -2.23. The third kappa shape index (κ3) is 4.09. The summed E-state index contributed by atoms with van der Waals surface area (Å²) >= 11 is 0. The molecule has 0 spiro atoms. The van der Waals surface area contributed by atoms with Crippen molar-refractivity contribution in [2.75, 3.05) is 0 Å². The van der Waals surface area contributed by atoms with Gasteiger partial charge in [-0.2, -0.15) is 0 Å². The van der Waals surface area contributed by atoms with Gasteiger partial charge in [-0.1, -0.05) is 121 Å². The zero-order chi connectivity index (χ0) is 27.2. The lowest BCUT2D eigenvalue weighted by atomic mass is 9.94. The van der Waals surface area contributed by atoms with Crippen molar-refractivity contribution in [2.24, 2.45) is 9.98 Å². The average molecular weight is 528 g/mol. The van der Waals surface area contributed by atoms with E-state index in [4.69, 9.17) is 14.4 Å². The third-order valence-corrected chi connectivity index (χ3v) is 7.72. The van der Waals surface area contributed by atoms with Crippen LogP contribution in [0.2, 0.25) is 0 Å². The Morgan fingerprint density at radius 2 is 1.12 bits per heavy atom. The zero-order valence-electron chi connectivity index (χ0n) is 22.2. The number of fused-ring (bicyclic) bond motifs is 4. The molecule has 0 amide bonds. The van der Waals surface area contributed by atoms with E-state index in [9.17, 15) is 0 Å². The van der Waals surface area contributed by atoms with Crippen molar-refractivity contribution in [3.63, 3.8) is 0 Å². The van der Waals surface area contributed by atoms with Gasteiger partial charge in [0.2, 0.25) is 0 Å². The normalized spacial score (nSPS) is 13.8. The minimum atomic E-state index is -0.472. The first-order valence-electron chi connectivity index (χ1n) is 13.8. The van der Waals surface area contributed by atoms with E-state index in [2.05, 4.69) is 96.3 Å². The van der Waals surface area contributed by atoms with E-state index in [1.54, 1.807) is 0 Å². The summed E-state index contributed by atoms with van der Waals surface area (Å²) in [5.74, 6) is 1.59. The van der Waals surface area contributed by atoms with Gasteiger partial charge in [-0.3, -0.25) is 0 Å². The van der Waals surface area contributed by atoms with Crippen LogP contribution in [0.25, 0.3) is 43.8 Å². The van der Waals surface area contributed by atoms with Gasteiger partial charge in [-0.15, -0.1) is 0 Å². The van der Waals surface area contributed by atoms with Crippen LogP contribution >= 0.6 is 0 Å². The summed E-state index contributed by atoms with van der Waals surface area (Å²) in [4.78, 5) is 10.4. The molecule has 6 aromatic carbocycles. The Balaban J connectivity index is 1.41.